The second-order valence-electron chi connectivity index (χ2n) is 8.09. The molecule has 4 nitrogen and oxygen atoms in total. The quantitative estimate of drug-likeness (QED) is 0.535. The predicted molar refractivity (Wildman–Crippen MR) is 119 cm³/mol. The maximum absolute atomic E-state index is 4.38. The van der Waals surface area contributed by atoms with Gasteiger partial charge in [-0.25, -0.2) is 0 Å². The van der Waals surface area contributed by atoms with Crippen LogP contribution in [0, 0.1) is 6.92 Å². The minimum Gasteiger partial charge on any atom is -0.301 e. The van der Waals surface area contributed by atoms with Crippen LogP contribution in [0.2, 0.25) is 0 Å². The second-order valence-corrected chi connectivity index (χ2v) is 8.09. The van der Waals surface area contributed by atoms with Crippen molar-refractivity contribution in [2.24, 2.45) is 0 Å². The predicted octanol–water partition coefficient (Wildman–Crippen LogP) is 4.38. The standard InChI is InChI=1S/C25H32N4/c1-22-20-26-29(21-22)15-9-8-14-27-16-18-28(19-17-27)25(23-10-4-2-5-11-23)24-12-6-3-7-13-24/h2-7,10-13,20-21,25H,8-9,14-19H2,1H3. The highest BCUT2D eigenvalue weighted by molar-refractivity contribution is 5.31. The van der Waals surface area contributed by atoms with E-state index in [2.05, 4.69) is 93.4 Å². The highest BCUT2D eigenvalue weighted by Crippen LogP contribution is 2.29. The van der Waals surface area contributed by atoms with Gasteiger partial charge >= 0.3 is 0 Å². The molecule has 2 aromatic carbocycles. The maximum atomic E-state index is 4.38. The molecule has 1 aliphatic heterocycles. The number of unbranched alkanes of at least 4 members (excludes halogenated alkanes) is 1. The molecule has 0 amide bonds. The fourth-order valence-corrected chi connectivity index (χ4v) is 4.33. The van der Waals surface area contributed by atoms with Gasteiger partial charge in [0.1, 0.15) is 0 Å². The Balaban J connectivity index is 1.30. The minimum atomic E-state index is 0.350. The maximum Gasteiger partial charge on any atom is 0.0602 e. The Morgan fingerprint density at radius 3 is 1.93 bits per heavy atom. The van der Waals surface area contributed by atoms with Crippen molar-refractivity contribution in [3.05, 3.63) is 89.7 Å². The van der Waals surface area contributed by atoms with Crippen molar-refractivity contribution in [2.45, 2.75) is 32.4 Å². The van der Waals surface area contributed by atoms with Crippen molar-refractivity contribution >= 4 is 0 Å². The van der Waals surface area contributed by atoms with Crippen molar-refractivity contribution in [1.29, 1.82) is 0 Å². The minimum absolute atomic E-state index is 0.350. The number of aryl methyl sites for hydroxylation is 2. The van der Waals surface area contributed by atoms with Gasteiger partial charge in [-0.3, -0.25) is 9.58 Å². The van der Waals surface area contributed by atoms with E-state index in [9.17, 15) is 0 Å². The van der Waals surface area contributed by atoms with E-state index in [1.165, 1.54) is 36.1 Å². The third-order valence-corrected chi connectivity index (χ3v) is 5.88. The van der Waals surface area contributed by atoms with Crippen molar-refractivity contribution in [2.75, 3.05) is 32.7 Å². The molecule has 0 N–H and O–H groups in total. The molecule has 1 saturated heterocycles. The van der Waals surface area contributed by atoms with Gasteiger partial charge in [0.25, 0.3) is 0 Å². The average molecular weight is 389 g/mol. The van der Waals surface area contributed by atoms with Crippen LogP contribution in [0.4, 0.5) is 0 Å². The summed E-state index contributed by atoms with van der Waals surface area (Å²) >= 11 is 0. The van der Waals surface area contributed by atoms with E-state index in [4.69, 9.17) is 0 Å². The molecule has 0 radical (unpaired) electrons. The lowest BCUT2D eigenvalue weighted by Gasteiger charge is -2.39. The molecule has 4 rings (SSSR count). The van der Waals surface area contributed by atoms with Gasteiger partial charge in [0.15, 0.2) is 0 Å². The molecular weight excluding hydrogens is 356 g/mol. The van der Waals surface area contributed by atoms with Crippen molar-refractivity contribution in [3.63, 3.8) is 0 Å². The zero-order valence-corrected chi connectivity index (χ0v) is 17.5. The van der Waals surface area contributed by atoms with Crippen LogP contribution in [0.15, 0.2) is 73.1 Å². The van der Waals surface area contributed by atoms with Gasteiger partial charge in [0.2, 0.25) is 0 Å². The number of piperazine rings is 1. The number of rotatable bonds is 8. The lowest BCUT2D eigenvalue weighted by molar-refractivity contribution is 0.108. The second kappa shape index (κ2) is 9.86. The molecule has 1 aliphatic rings. The van der Waals surface area contributed by atoms with E-state index in [1.54, 1.807) is 0 Å². The summed E-state index contributed by atoms with van der Waals surface area (Å²) < 4.78 is 2.07. The first-order valence-corrected chi connectivity index (χ1v) is 10.8. The molecule has 152 valence electrons. The molecule has 3 aromatic rings. The summed E-state index contributed by atoms with van der Waals surface area (Å²) in [5, 5.41) is 4.38. The van der Waals surface area contributed by atoms with Crippen LogP contribution >= 0.6 is 0 Å². The normalized spacial score (nSPS) is 15.8. The number of nitrogens with zero attached hydrogens (tertiary/aromatic N) is 4. The number of benzene rings is 2. The van der Waals surface area contributed by atoms with E-state index in [-0.39, 0.29) is 0 Å². The monoisotopic (exact) mass is 388 g/mol. The Hall–Kier alpha value is -2.43. The van der Waals surface area contributed by atoms with Crippen molar-refractivity contribution in [1.82, 2.24) is 19.6 Å². The van der Waals surface area contributed by atoms with Gasteiger partial charge in [-0.05, 0) is 43.0 Å². The Kier molecular flexibility index (Phi) is 6.75. The molecule has 0 saturated carbocycles. The van der Waals surface area contributed by atoms with Gasteiger partial charge in [-0.15, -0.1) is 0 Å². The molecule has 0 aliphatic carbocycles. The molecule has 4 heteroatoms. The van der Waals surface area contributed by atoms with Gasteiger partial charge in [-0.2, -0.15) is 5.10 Å². The molecule has 0 unspecified atom stereocenters. The Morgan fingerprint density at radius 2 is 1.38 bits per heavy atom. The van der Waals surface area contributed by atoms with Crippen LogP contribution in [0.3, 0.4) is 0 Å². The van der Waals surface area contributed by atoms with Crippen molar-refractivity contribution < 1.29 is 0 Å². The highest BCUT2D eigenvalue weighted by atomic mass is 15.3. The van der Waals surface area contributed by atoms with Gasteiger partial charge < -0.3 is 4.90 Å². The van der Waals surface area contributed by atoms with Crippen LogP contribution in [-0.2, 0) is 6.54 Å². The molecule has 0 atom stereocenters. The molecule has 1 aromatic heterocycles. The number of aromatic nitrogens is 2. The Labute approximate surface area is 174 Å². The van der Waals surface area contributed by atoms with Crippen LogP contribution in [0.1, 0.15) is 35.6 Å². The van der Waals surface area contributed by atoms with Crippen LogP contribution in [0.25, 0.3) is 0 Å². The number of hydrogen-bond donors (Lipinski definition) is 0. The summed E-state index contributed by atoms with van der Waals surface area (Å²) in [4.78, 5) is 5.27. The first-order valence-electron chi connectivity index (χ1n) is 10.8. The molecule has 1 fully saturated rings. The topological polar surface area (TPSA) is 24.3 Å². The summed E-state index contributed by atoms with van der Waals surface area (Å²) in [5.41, 5.74) is 4.02. The largest absolute Gasteiger partial charge is 0.301 e. The number of hydrogen-bond acceptors (Lipinski definition) is 3. The first-order chi connectivity index (χ1) is 14.3. The van der Waals surface area contributed by atoms with E-state index in [0.717, 1.165) is 32.7 Å². The van der Waals surface area contributed by atoms with E-state index in [0.29, 0.717) is 6.04 Å². The lowest BCUT2D eigenvalue weighted by atomic mass is 9.96. The smallest absolute Gasteiger partial charge is 0.0602 e. The van der Waals surface area contributed by atoms with E-state index >= 15 is 0 Å². The first kappa shape index (κ1) is 19.9. The SMILES string of the molecule is Cc1cnn(CCCCN2CCN(C(c3ccccc3)c3ccccc3)CC2)c1. The van der Waals surface area contributed by atoms with E-state index in [1.807, 2.05) is 6.20 Å². The van der Waals surface area contributed by atoms with Crippen LogP contribution in [-0.4, -0.2) is 52.3 Å². The fourth-order valence-electron chi connectivity index (χ4n) is 4.33. The summed E-state index contributed by atoms with van der Waals surface area (Å²) in [6.07, 6.45) is 6.50. The Morgan fingerprint density at radius 1 is 0.793 bits per heavy atom. The zero-order valence-electron chi connectivity index (χ0n) is 17.5. The molecule has 2 heterocycles. The van der Waals surface area contributed by atoms with Crippen LogP contribution < -0.4 is 0 Å². The highest BCUT2D eigenvalue weighted by Gasteiger charge is 2.25. The third kappa shape index (κ3) is 5.34. The summed E-state index contributed by atoms with van der Waals surface area (Å²) in [7, 11) is 0. The van der Waals surface area contributed by atoms with Gasteiger partial charge in [0, 0.05) is 38.9 Å². The summed E-state index contributed by atoms with van der Waals surface area (Å²) in [5.74, 6) is 0. The molecule has 0 spiro atoms. The van der Waals surface area contributed by atoms with Gasteiger partial charge in [0.05, 0.1) is 12.2 Å². The van der Waals surface area contributed by atoms with Crippen molar-refractivity contribution in [3.8, 4) is 0 Å². The fraction of sp³-hybridized carbons (Fsp3) is 0.400. The van der Waals surface area contributed by atoms with Crippen LogP contribution in [0.5, 0.6) is 0 Å². The summed E-state index contributed by atoms with van der Waals surface area (Å²) in [6, 6.07) is 22.2. The van der Waals surface area contributed by atoms with E-state index < -0.39 is 0 Å². The van der Waals surface area contributed by atoms with Gasteiger partial charge in [-0.1, -0.05) is 60.7 Å². The summed E-state index contributed by atoms with van der Waals surface area (Å²) in [6.45, 7) is 8.85. The molecule has 29 heavy (non-hydrogen) atoms. The lowest BCUT2D eigenvalue weighted by Crippen LogP contribution is -2.48. The molecular formula is C25H32N4. The molecule has 0 bridgehead atoms. The Bertz CT molecular complexity index is 811. The average Bonchev–Trinajstić information content (AvgIpc) is 3.19. The zero-order chi connectivity index (χ0) is 19.9. The third-order valence-electron chi connectivity index (χ3n) is 5.88.